The molecule has 1 heterocycles. The molecule has 6 heteroatoms. The summed E-state index contributed by atoms with van der Waals surface area (Å²) < 4.78 is 17.8. The summed E-state index contributed by atoms with van der Waals surface area (Å²) in [6, 6.07) is 0. The summed E-state index contributed by atoms with van der Waals surface area (Å²) in [5, 5.41) is 11.7. The van der Waals surface area contributed by atoms with Crippen LogP contribution in [0.15, 0.2) is 0 Å². The summed E-state index contributed by atoms with van der Waals surface area (Å²) >= 11 is 0. The zero-order chi connectivity index (χ0) is 19.9. The smallest absolute Gasteiger partial charge is 0.309 e. The molecule has 6 nitrogen and oxygen atoms in total. The lowest BCUT2D eigenvalue weighted by atomic mass is 9.42. The van der Waals surface area contributed by atoms with E-state index in [2.05, 4.69) is 6.92 Å². The monoisotopic (exact) mass is 392 g/mol. The molecule has 0 aromatic rings. The van der Waals surface area contributed by atoms with Crippen LogP contribution in [0.1, 0.15) is 64.7 Å². The van der Waals surface area contributed by atoms with Crippen LogP contribution in [-0.2, 0) is 23.8 Å². The Hall–Kier alpha value is -0.980. The molecule has 0 amide bonds. The molecule has 0 aromatic heterocycles. The molecule has 0 aromatic carbocycles. The number of ether oxygens (including phenoxy) is 3. The van der Waals surface area contributed by atoms with Crippen molar-refractivity contribution in [3.05, 3.63) is 0 Å². The Labute approximate surface area is 166 Å². The largest absolute Gasteiger partial charge is 0.469 e. The number of ketones is 1. The number of hydrogen-bond acceptors (Lipinski definition) is 6. The van der Waals surface area contributed by atoms with E-state index in [0.717, 1.165) is 32.1 Å². The van der Waals surface area contributed by atoms with Gasteiger partial charge in [-0.1, -0.05) is 6.92 Å². The minimum absolute atomic E-state index is 0.0901. The molecular weight excluding hydrogens is 360 g/mol. The van der Waals surface area contributed by atoms with Crippen molar-refractivity contribution in [1.82, 2.24) is 0 Å². The quantitative estimate of drug-likeness (QED) is 0.728. The molecular formula is C22H32O6. The molecule has 4 aliphatic carbocycles. The summed E-state index contributed by atoms with van der Waals surface area (Å²) in [6.07, 6.45) is 5.76. The van der Waals surface area contributed by atoms with Crippen LogP contribution in [0.4, 0.5) is 0 Å². The van der Waals surface area contributed by atoms with Crippen LogP contribution in [0.2, 0.25) is 0 Å². The van der Waals surface area contributed by atoms with Crippen molar-refractivity contribution in [2.24, 2.45) is 28.6 Å². The van der Waals surface area contributed by atoms with Gasteiger partial charge in [-0.3, -0.25) is 9.59 Å². The molecule has 28 heavy (non-hydrogen) atoms. The molecule has 1 N–H and O–H groups in total. The van der Waals surface area contributed by atoms with Crippen LogP contribution >= 0.6 is 0 Å². The van der Waals surface area contributed by atoms with Gasteiger partial charge in [-0.25, -0.2) is 0 Å². The molecule has 4 saturated carbocycles. The first-order valence-corrected chi connectivity index (χ1v) is 10.8. The maximum atomic E-state index is 12.5. The van der Waals surface area contributed by atoms with Crippen LogP contribution < -0.4 is 0 Å². The SMILES string of the molecule is COC(=O)[C@@H]1CC[C@H]2[C@]1(C)CC[C@@H]1[C@]23CC[C@@]2(O)CC(=O)CC[C@@]12[C@H](OC)O3. The lowest BCUT2D eigenvalue weighted by Gasteiger charge is -2.62. The number of aliphatic hydroxyl groups is 1. The van der Waals surface area contributed by atoms with E-state index in [9.17, 15) is 14.7 Å². The predicted octanol–water partition coefficient (Wildman–Crippen LogP) is 2.61. The van der Waals surface area contributed by atoms with Gasteiger partial charge < -0.3 is 19.3 Å². The zero-order valence-corrected chi connectivity index (χ0v) is 17.2. The minimum atomic E-state index is -1.04. The number of hydrogen-bond donors (Lipinski definition) is 1. The predicted molar refractivity (Wildman–Crippen MR) is 99.1 cm³/mol. The van der Waals surface area contributed by atoms with Crippen molar-refractivity contribution in [2.45, 2.75) is 82.2 Å². The van der Waals surface area contributed by atoms with E-state index in [4.69, 9.17) is 14.2 Å². The summed E-state index contributed by atoms with van der Waals surface area (Å²) in [5.41, 5.74) is -2.07. The molecule has 8 atom stereocenters. The number of rotatable bonds is 2. The molecule has 0 unspecified atom stereocenters. The average Bonchev–Trinajstić information content (AvgIpc) is 3.13. The van der Waals surface area contributed by atoms with Crippen LogP contribution in [0.3, 0.4) is 0 Å². The number of esters is 1. The van der Waals surface area contributed by atoms with E-state index in [0.29, 0.717) is 19.3 Å². The Kier molecular flexibility index (Phi) is 3.93. The van der Waals surface area contributed by atoms with E-state index >= 15 is 0 Å². The molecule has 2 bridgehead atoms. The van der Waals surface area contributed by atoms with Crippen molar-refractivity contribution in [1.29, 1.82) is 0 Å². The lowest BCUT2D eigenvalue weighted by molar-refractivity contribution is -0.225. The van der Waals surface area contributed by atoms with E-state index in [1.165, 1.54) is 7.11 Å². The van der Waals surface area contributed by atoms with Crippen molar-refractivity contribution in [2.75, 3.05) is 14.2 Å². The maximum Gasteiger partial charge on any atom is 0.309 e. The van der Waals surface area contributed by atoms with Gasteiger partial charge in [0.2, 0.25) is 0 Å². The van der Waals surface area contributed by atoms with E-state index in [-0.39, 0.29) is 46.9 Å². The Bertz CT molecular complexity index is 722. The maximum absolute atomic E-state index is 12.5. The summed E-state index contributed by atoms with van der Waals surface area (Å²) in [4.78, 5) is 24.7. The highest BCUT2D eigenvalue weighted by Gasteiger charge is 2.79. The molecule has 1 aliphatic heterocycles. The van der Waals surface area contributed by atoms with Gasteiger partial charge in [0, 0.05) is 25.9 Å². The number of fused-ring (bicyclic) bond motifs is 1. The number of carbonyl (C=O) groups excluding carboxylic acids is 2. The van der Waals surface area contributed by atoms with Gasteiger partial charge in [0.25, 0.3) is 0 Å². The van der Waals surface area contributed by atoms with Gasteiger partial charge in [-0.05, 0) is 56.3 Å². The summed E-state index contributed by atoms with van der Waals surface area (Å²) in [6.45, 7) is 2.23. The van der Waals surface area contributed by atoms with Crippen LogP contribution in [-0.4, -0.2) is 48.6 Å². The number of carbonyl (C=O) groups is 2. The van der Waals surface area contributed by atoms with Crippen molar-refractivity contribution < 1.29 is 28.9 Å². The van der Waals surface area contributed by atoms with Crippen molar-refractivity contribution in [3.8, 4) is 0 Å². The second kappa shape index (κ2) is 5.79. The first kappa shape index (κ1) is 19.0. The Morgan fingerprint density at radius 1 is 1.11 bits per heavy atom. The second-order valence-corrected chi connectivity index (χ2v) is 10.2. The van der Waals surface area contributed by atoms with Gasteiger partial charge in [-0.2, -0.15) is 0 Å². The summed E-state index contributed by atoms with van der Waals surface area (Å²) in [5.74, 6) is 0.377. The third kappa shape index (κ3) is 1.95. The third-order valence-electron chi connectivity index (χ3n) is 9.66. The topological polar surface area (TPSA) is 82.1 Å². The molecule has 5 rings (SSSR count). The number of Topliss-reactive ketones (excluding diaryl/α,β-unsaturated/α-hetero) is 1. The van der Waals surface area contributed by atoms with Gasteiger partial charge >= 0.3 is 5.97 Å². The van der Waals surface area contributed by atoms with Gasteiger partial charge in [0.1, 0.15) is 5.78 Å². The number of methoxy groups -OCH3 is 2. The zero-order valence-electron chi connectivity index (χ0n) is 17.2. The van der Waals surface area contributed by atoms with Gasteiger partial charge in [0.15, 0.2) is 6.29 Å². The molecule has 156 valence electrons. The Balaban J connectivity index is 1.60. The van der Waals surface area contributed by atoms with E-state index in [1.807, 2.05) is 0 Å². The average molecular weight is 392 g/mol. The highest BCUT2D eigenvalue weighted by atomic mass is 16.7. The Morgan fingerprint density at radius 2 is 1.89 bits per heavy atom. The van der Waals surface area contributed by atoms with Crippen molar-refractivity contribution >= 4 is 11.8 Å². The second-order valence-electron chi connectivity index (χ2n) is 10.2. The van der Waals surface area contributed by atoms with Crippen LogP contribution in [0.5, 0.6) is 0 Å². The van der Waals surface area contributed by atoms with E-state index in [1.54, 1.807) is 7.11 Å². The highest BCUT2D eigenvalue weighted by Crippen LogP contribution is 2.75. The fraction of sp³-hybridized carbons (Fsp3) is 0.909. The fourth-order valence-electron chi connectivity index (χ4n) is 8.57. The van der Waals surface area contributed by atoms with E-state index < -0.39 is 17.3 Å². The third-order valence-corrected chi connectivity index (χ3v) is 9.66. The standard InChI is InChI=1S/C22H32O6/c1-19-8-7-16-21-9-6-13(23)12-20(21,25)10-11-22(16,28-18(21)27-3)15(19)5-4-14(19)17(24)26-2/h14-16,18,25H,4-12H2,1-3H3/t14-,15-,16-,18+,19+,20+,21-,22-/m0/s1. The summed E-state index contributed by atoms with van der Waals surface area (Å²) in [7, 11) is 3.13. The van der Waals surface area contributed by atoms with Gasteiger partial charge in [-0.15, -0.1) is 0 Å². The molecule has 1 spiro atoms. The van der Waals surface area contributed by atoms with Gasteiger partial charge in [0.05, 0.1) is 29.6 Å². The van der Waals surface area contributed by atoms with Crippen LogP contribution in [0, 0.1) is 28.6 Å². The fourth-order valence-corrected chi connectivity index (χ4v) is 8.57. The minimum Gasteiger partial charge on any atom is -0.469 e. The molecule has 0 radical (unpaired) electrons. The van der Waals surface area contributed by atoms with Crippen LogP contribution in [0.25, 0.3) is 0 Å². The first-order chi connectivity index (χ1) is 13.3. The normalized spacial score (nSPS) is 54.6. The first-order valence-electron chi connectivity index (χ1n) is 10.8. The molecule has 5 fully saturated rings. The lowest BCUT2D eigenvalue weighted by Crippen LogP contribution is -2.67. The molecule has 5 aliphatic rings. The Morgan fingerprint density at radius 3 is 2.61 bits per heavy atom. The molecule has 1 saturated heterocycles. The highest BCUT2D eigenvalue weighted by molar-refractivity contribution is 5.81. The van der Waals surface area contributed by atoms with Crippen molar-refractivity contribution in [3.63, 3.8) is 0 Å².